The Balaban J connectivity index is 1.74. The Bertz CT molecular complexity index is 914. The van der Waals surface area contributed by atoms with Crippen LogP contribution in [0.4, 0.5) is 0 Å². The summed E-state index contributed by atoms with van der Waals surface area (Å²) in [7, 11) is 1.69. The van der Waals surface area contributed by atoms with Crippen molar-refractivity contribution in [2.75, 3.05) is 13.7 Å². The first kappa shape index (κ1) is 17.7. The maximum absolute atomic E-state index is 10.4. The smallest absolute Gasteiger partial charge is 0.120 e. The van der Waals surface area contributed by atoms with Gasteiger partial charge in [0.05, 0.1) is 13.2 Å². The molecule has 3 aromatic rings. The Morgan fingerprint density at radius 3 is 2.67 bits per heavy atom. The molecule has 1 aliphatic rings. The average Bonchev–Trinajstić information content (AvgIpc) is 3.06. The van der Waals surface area contributed by atoms with Crippen molar-refractivity contribution in [2.45, 2.75) is 32.5 Å². The molecule has 140 valence electrons. The normalized spacial score (nSPS) is 17.3. The Labute approximate surface area is 160 Å². The zero-order valence-corrected chi connectivity index (χ0v) is 15.9. The predicted molar refractivity (Wildman–Crippen MR) is 107 cm³/mol. The van der Waals surface area contributed by atoms with Crippen molar-refractivity contribution in [3.63, 3.8) is 0 Å². The Morgan fingerprint density at radius 2 is 1.89 bits per heavy atom. The van der Waals surface area contributed by atoms with Gasteiger partial charge in [-0.1, -0.05) is 29.8 Å². The number of hydrogen-bond donors (Lipinski definition) is 1. The van der Waals surface area contributed by atoms with Gasteiger partial charge in [-0.3, -0.25) is 4.90 Å². The fraction of sp³-hybridized carbons (Fsp3) is 0.304. The molecule has 0 radical (unpaired) electrons. The van der Waals surface area contributed by atoms with Crippen LogP contribution in [-0.4, -0.2) is 28.2 Å². The Morgan fingerprint density at radius 1 is 1.07 bits per heavy atom. The van der Waals surface area contributed by atoms with Crippen molar-refractivity contribution in [3.8, 4) is 11.5 Å². The molecule has 0 amide bonds. The minimum absolute atomic E-state index is 0.147. The van der Waals surface area contributed by atoms with Gasteiger partial charge in [0.2, 0.25) is 0 Å². The van der Waals surface area contributed by atoms with Crippen LogP contribution in [-0.2, 0) is 13.1 Å². The predicted octanol–water partition coefficient (Wildman–Crippen LogP) is 4.51. The lowest BCUT2D eigenvalue weighted by molar-refractivity contribution is 0.217. The summed E-state index contributed by atoms with van der Waals surface area (Å²) in [6, 6.07) is 18.7. The van der Waals surface area contributed by atoms with E-state index in [2.05, 4.69) is 52.9 Å². The highest BCUT2D eigenvalue weighted by atomic mass is 16.5. The first-order valence-corrected chi connectivity index (χ1v) is 9.47. The van der Waals surface area contributed by atoms with Crippen molar-refractivity contribution in [1.82, 2.24) is 9.47 Å². The van der Waals surface area contributed by atoms with Crippen LogP contribution in [0.15, 0.2) is 60.8 Å². The molecular weight excluding hydrogens is 336 g/mol. The lowest BCUT2D eigenvalue weighted by Gasteiger charge is -2.31. The van der Waals surface area contributed by atoms with E-state index in [9.17, 15) is 5.11 Å². The molecule has 0 saturated heterocycles. The lowest BCUT2D eigenvalue weighted by Crippen LogP contribution is -2.29. The van der Waals surface area contributed by atoms with E-state index in [-0.39, 0.29) is 6.04 Å². The molecule has 4 rings (SSSR count). The van der Waals surface area contributed by atoms with Gasteiger partial charge in [-0.2, -0.15) is 0 Å². The van der Waals surface area contributed by atoms with Crippen molar-refractivity contribution in [1.29, 1.82) is 0 Å². The maximum Gasteiger partial charge on any atom is 0.120 e. The number of methoxy groups -OCH3 is 1. The van der Waals surface area contributed by atoms with Crippen LogP contribution in [0.2, 0.25) is 0 Å². The second-order valence-corrected chi connectivity index (χ2v) is 7.26. The standard InChI is InChI=1S/C23H26N2O2/c1-17-6-11-22(26)19(15-17)16-25-14-4-13-24-12-3-5-21(24)23(25)18-7-9-20(27-2)10-8-18/h3,5-12,15,23,26H,4,13-14,16H2,1-2H3. The highest BCUT2D eigenvalue weighted by molar-refractivity contribution is 5.38. The van der Waals surface area contributed by atoms with E-state index in [1.807, 2.05) is 18.2 Å². The van der Waals surface area contributed by atoms with Gasteiger partial charge in [-0.25, -0.2) is 0 Å². The highest BCUT2D eigenvalue weighted by Crippen LogP contribution is 2.35. The van der Waals surface area contributed by atoms with Crippen LogP contribution in [0, 0.1) is 6.92 Å². The van der Waals surface area contributed by atoms with E-state index in [1.54, 1.807) is 13.2 Å². The largest absolute Gasteiger partial charge is 0.508 e. The minimum atomic E-state index is 0.147. The van der Waals surface area contributed by atoms with Gasteiger partial charge in [0, 0.05) is 37.1 Å². The van der Waals surface area contributed by atoms with Crippen molar-refractivity contribution < 1.29 is 9.84 Å². The summed E-state index contributed by atoms with van der Waals surface area (Å²) < 4.78 is 7.69. The molecule has 27 heavy (non-hydrogen) atoms. The van der Waals surface area contributed by atoms with Crippen LogP contribution >= 0.6 is 0 Å². The Hall–Kier alpha value is -2.72. The molecule has 4 heteroatoms. The van der Waals surface area contributed by atoms with E-state index >= 15 is 0 Å². The van der Waals surface area contributed by atoms with Crippen LogP contribution in [0.3, 0.4) is 0 Å². The highest BCUT2D eigenvalue weighted by Gasteiger charge is 2.28. The molecule has 4 nitrogen and oxygen atoms in total. The number of aromatic nitrogens is 1. The quantitative estimate of drug-likeness (QED) is 0.742. The summed E-state index contributed by atoms with van der Waals surface area (Å²) in [6.07, 6.45) is 3.25. The number of benzene rings is 2. The molecule has 1 unspecified atom stereocenters. The molecule has 0 aliphatic carbocycles. The van der Waals surface area contributed by atoms with Gasteiger partial charge < -0.3 is 14.4 Å². The van der Waals surface area contributed by atoms with Crippen molar-refractivity contribution in [2.24, 2.45) is 0 Å². The van der Waals surface area contributed by atoms with E-state index < -0.39 is 0 Å². The molecule has 0 spiro atoms. The summed E-state index contributed by atoms with van der Waals surface area (Å²) >= 11 is 0. The summed E-state index contributed by atoms with van der Waals surface area (Å²) in [5.74, 6) is 1.24. The monoisotopic (exact) mass is 362 g/mol. The molecule has 0 fully saturated rings. The zero-order chi connectivity index (χ0) is 18.8. The molecule has 0 bridgehead atoms. The Kier molecular flexibility index (Phi) is 4.90. The van der Waals surface area contributed by atoms with Crippen LogP contribution in [0.25, 0.3) is 0 Å². The fourth-order valence-electron chi connectivity index (χ4n) is 4.04. The van der Waals surface area contributed by atoms with E-state index in [0.29, 0.717) is 5.75 Å². The molecule has 0 saturated carbocycles. The fourth-order valence-corrected chi connectivity index (χ4v) is 4.04. The number of nitrogens with zero attached hydrogens (tertiary/aromatic N) is 2. The minimum Gasteiger partial charge on any atom is -0.508 e. The second-order valence-electron chi connectivity index (χ2n) is 7.26. The molecule has 1 atom stereocenters. The zero-order valence-electron chi connectivity index (χ0n) is 15.9. The molecule has 1 N–H and O–H groups in total. The van der Waals surface area contributed by atoms with E-state index in [4.69, 9.17) is 4.74 Å². The number of fused-ring (bicyclic) bond motifs is 1. The van der Waals surface area contributed by atoms with Gasteiger partial charge in [0.1, 0.15) is 11.5 Å². The topological polar surface area (TPSA) is 37.6 Å². The first-order chi connectivity index (χ1) is 13.2. The third-order valence-electron chi connectivity index (χ3n) is 5.39. The number of rotatable bonds is 4. The number of phenols is 1. The van der Waals surface area contributed by atoms with Gasteiger partial charge in [-0.15, -0.1) is 0 Å². The third kappa shape index (κ3) is 3.58. The average molecular weight is 362 g/mol. The summed E-state index contributed by atoms with van der Waals surface area (Å²) in [5, 5.41) is 10.4. The summed E-state index contributed by atoms with van der Waals surface area (Å²) in [4.78, 5) is 2.47. The maximum atomic E-state index is 10.4. The van der Waals surface area contributed by atoms with E-state index in [0.717, 1.165) is 37.4 Å². The summed E-state index contributed by atoms with van der Waals surface area (Å²) in [6.45, 7) is 4.78. The number of hydrogen-bond acceptors (Lipinski definition) is 3. The third-order valence-corrected chi connectivity index (χ3v) is 5.39. The van der Waals surface area contributed by atoms with Crippen molar-refractivity contribution in [3.05, 3.63) is 83.2 Å². The molecule has 1 aromatic heterocycles. The summed E-state index contributed by atoms with van der Waals surface area (Å²) in [5.41, 5.74) is 4.69. The van der Waals surface area contributed by atoms with Gasteiger partial charge >= 0.3 is 0 Å². The molecule has 1 aliphatic heterocycles. The van der Waals surface area contributed by atoms with Crippen LogP contribution in [0.1, 0.15) is 34.8 Å². The SMILES string of the molecule is COc1ccc(C2c3cccn3CCCN2Cc2cc(C)ccc2O)cc1. The number of ether oxygens (including phenoxy) is 1. The van der Waals surface area contributed by atoms with Gasteiger partial charge in [0.15, 0.2) is 0 Å². The van der Waals surface area contributed by atoms with Gasteiger partial charge in [0.25, 0.3) is 0 Å². The van der Waals surface area contributed by atoms with E-state index in [1.165, 1.54) is 16.8 Å². The molecule has 2 heterocycles. The van der Waals surface area contributed by atoms with Crippen molar-refractivity contribution >= 4 is 0 Å². The molecule has 2 aromatic carbocycles. The van der Waals surface area contributed by atoms with Crippen LogP contribution in [0.5, 0.6) is 11.5 Å². The van der Waals surface area contributed by atoms with Gasteiger partial charge in [-0.05, 0) is 49.2 Å². The number of phenolic OH excluding ortho intramolecular Hbond substituents is 1. The van der Waals surface area contributed by atoms with Crippen LogP contribution < -0.4 is 4.74 Å². The second kappa shape index (κ2) is 7.49. The first-order valence-electron chi connectivity index (χ1n) is 9.47. The number of aromatic hydroxyl groups is 1. The lowest BCUT2D eigenvalue weighted by atomic mass is 10.0. The number of aryl methyl sites for hydroxylation is 2. The molecular formula is C23H26N2O2.